The first-order chi connectivity index (χ1) is 10.1. The van der Waals surface area contributed by atoms with Gasteiger partial charge in [0.15, 0.2) is 5.82 Å². The molecule has 4 rings (SSSR count). The summed E-state index contributed by atoms with van der Waals surface area (Å²) in [5.41, 5.74) is 9.82. The zero-order chi connectivity index (χ0) is 14.6. The molecule has 0 spiro atoms. The zero-order valence-electron chi connectivity index (χ0n) is 11.4. The van der Waals surface area contributed by atoms with Crippen LogP contribution >= 0.6 is 0 Å². The lowest BCUT2D eigenvalue weighted by Crippen LogP contribution is -2.28. The lowest BCUT2D eigenvalue weighted by atomic mass is 9.97. The molecule has 1 aromatic carbocycles. The van der Waals surface area contributed by atoms with E-state index in [9.17, 15) is 4.79 Å². The average molecular weight is 282 g/mol. The van der Waals surface area contributed by atoms with Crippen LogP contribution in [0.4, 0.5) is 0 Å². The number of aromatic amines is 1. The molecule has 3 aromatic rings. The highest BCUT2D eigenvalue weighted by Gasteiger charge is 2.26. The number of rotatable bonds is 1. The summed E-state index contributed by atoms with van der Waals surface area (Å²) >= 11 is 0. The summed E-state index contributed by atoms with van der Waals surface area (Å²) in [6.45, 7) is 0. The van der Waals surface area contributed by atoms with Gasteiger partial charge in [-0.15, -0.1) is 0 Å². The Kier molecular flexibility index (Phi) is 2.40. The maximum absolute atomic E-state index is 11.9. The predicted molar refractivity (Wildman–Crippen MR) is 77.0 cm³/mol. The summed E-state index contributed by atoms with van der Waals surface area (Å²) in [5, 5.41) is 10.7. The van der Waals surface area contributed by atoms with Gasteiger partial charge >= 0.3 is 5.69 Å². The van der Waals surface area contributed by atoms with Crippen LogP contribution in [0.5, 0.6) is 0 Å². The molecule has 1 unspecified atom stereocenters. The largest absolute Gasteiger partial charge is 0.347 e. The Balaban J connectivity index is 1.92. The number of H-pyrrole nitrogens is 1. The number of nitrogens with two attached hydrogens (primary N) is 1. The quantitative estimate of drug-likeness (QED) is 0.680. The molecule has 21 heavy (non-hydrogen) atoms. The molecule has 0 amide bonds. The minimum absolute atomic E-state index is 0.255. The molecule has 0 saturated heterocycles. The van der Waals surface area contributed by atoms with E-state index in [4.69, 9.17) is 5.73 Å². The Morgan fingerprint density at radius 3 is 3.00 bits per heavy atom. The Labute approximate surface area is 120 Å². The Morgan fingerprint density at radius 1 is 1.38 bits per heavy atom. The van der Waals surface area contributed by atoms with E-state index in [2.05, 4.69) is 21.4 Å². The molecule has 1 aliphatic rings. The zero-order valence-corrected chi connectivity index (χ0v) is 11.4. The normalized spacial score (nSPS) is 16.6. The van der Waals surface area contributed by atoms with Crippen LogP contribution in [0, 0.1) is 0 Å². The van der Waals surface area contributed by atoms with Crippen LogP contribution in [0.15, 0.2) is 35.3 Å². The van der Waals surface area contributed by atoms with Gasteiger partial charge in [0.1, 0.15) is 0 Å². The van der Waals surface area contributed by atoms with Crippen LogP contribution in [0.2, 0.25) is 0 Å². The molecule has 0 saturated carbocycles. The number of hydrogen-bond acceptors (Lipinski definition) is 4. The maximum atomic E-state index is 11.9. The van der Waals surface area contributed by atoms with E-state index in [1.807, 2.05) is 29.9 Å². The molecule has 2 aromatic heterocycles. The third-order valence-electron chi connectivity index (χ3n) is 3.91. The lowest BCUT2D eigenvalue weighted by Gasteiger charge is -2.22. The highest BCUT2D eigenvalue weighted by atomic mass is 16.1. The van der Waals surface area contributed by atoms with E-state index >= 15 is 0 Å². The molecule has 1 aliphatic heterocycles. The van der Waals surface area contributed by atoms with Crippen molar-refractivity contribution in [2.45, 2.75) is 12.5 Å². The van der Waals surface area contributed by atoms with Gasteiger partial charge in [0.2, 0.25) is 0 Å². The van der Waals surface area contributed by atoms with Crippen molar-refractivity contribution < 1.29 is 0 Å². The molecule has 0 fully saturated rings. The van der Waals surface area contributed by atoms with Crippen molar-refractivity contribution in [3.05, 3.63) is 52.3 Å². The summed E-state index contributed by atoms with van der Waals surface area (Å²) in [5.74, 6) is 0.584. The smallest absolute Gasteiger partial charge is 0.321 e. The second-order valence-corrected chi connectivity index (χ2v) is 5.22. The summed E-state index contributed by atoms with van der Waals surface area (Å²) in [4.78, 5) is 11.9. The Hall–Kier alpha value is -2.67. The average Bonchev–Trinajstić information content (AvgIpc) is 3.05. The van der Waals surface area contributed by atoms with Crippen LogP contribution in [-0.4, -0.2) is 24.5 Å². The molecule has 7 nitrogen and oxygen atoms in total. The molecular formula is C14H14N6O. The Morgan fingerprint density at radius 2 is 2.24 bits per heavy atom. The van der Waals surface area contributed by atoms with Gasteiger partial charge in [-0.2, -0.15) is 10.2 Å². The third-order valence-corrected chi connectivity index (χ3v) is 3.91. The summed E-state index contributed by atoms with van der Waals surface area (Å²) in [6, 6.07) is 7.66. The predicted octanol–water partition coefficient (Wildman–Crippen LogP) is 0.517. The summed E-state index contributed by atoms with van der Waals surface area (Å²) in [7, 11) is 1.90. The molecule has 106 valence electrons. The van der Waals surface area contributed by atoms with E-state index in [1.165, 1.54) is 0 Å². The van der Waals surface area contributed by atoms with E-state index in [1.54, 1.807) is 10.8 Å². The molecular weight excluding hydrogens is 268 g/mol. The topological polar surface area (TPSA) is 94.5 Å². The molecule has 3 heterocycles. The fourth-order valence-corrected chi connectivity index (χ4v) is 2.90. The lowest BCUT2D eigenvalue weighted by molar-refractivity contribution is 0.619. The van der Waals surface area contributed by atoms with Crippen LogP contribution < -0.4 is 11.4 Å². The second-order valence-electron chi connectivity index (χ2n) is 5.22. The number of nitrogens with zero attached hydrogens (tertiary/aromatic N) is 4. The number of hydrogen-bond donors (Lipinski definition) is 2. The SMILES string of the molecule is Cn1nccc1-c1ccc2c(c1)CC(N)c1n[nH]c(=O)n1-2. The first kappa shape index (κ1) is 12.1. The van der Waals surface area contributed by atoms with E-state index < -0.39 is 0 Å². The second kappa shape index (κ2) is 4.16. The molecule has 3 N–H and O–H groups in total. The van der Waals surface area contributed by atoms with Gasteiger partial charge in [0, 0.05) is 18.8 Å². The molecule has 0 radical (unpaired) electrons. The number of aromatic nitrogens is 5. The number of aryl methyl sites for hydroxylation is 1. The number of benzene rings is 1. The van der Waals surface area contributed by atoms with Crippen molar-refractivity contribution in [2.24, 2.45) is 12.8 Å². The molecule has 1 atom stereocenters. The highest BCUT2D eigenvalue weighted by Crippen LogP contribution is 2.30. The van der Waals surface area contributed by atoms with Crippen LogP contribution in [0.3, 0.4) is 0 Å². The van der Waals surface area contributed by atoms with E-state index in [-0.39, 0.29) is 11.7 Å². The summed E-state index contributed by atoms with van der Waals surface area (Å²) in [6.07, 6.45) is 2.42. The molecule has 7 heteroatoms. The van der Waals surface area contributed by atoms with Gasteiger partial charge in [-0.3, -0.25) is 4.68 Å². The van der Waals surface area contributed by atoms with Gasteiger partial charge in [-0.05, 0) is 30.2 Å². The van der Waals surface area contributed by atoms with Gasteiger partial charge in [-0.1, -0.05) is 6.07 Å². The maximum Gasteiger partial charge on any atom is 0.347 e. The van der Waals surface area contributed by atoms with Crippen LogP contribution in [0.25, 0.3) is 16.9 Å². The van der Waals surface area contributed by atoms with Crippen molar-refractivity contribution >= 4 is 0 Å². The minimum atomic E-state index is -0.279. The standard InChI is InChI=1S/C14H14N6O/c1-19-11(4-5-16-19)8-2-3-12-9(6-8)7-10(15)13-17-18-14(21)20(12)13/h2-6,10H,7,15H2,1H3,(H,18,21). The van der Waals surface area contributed by atoms with E-state index in [0.717, 1.165) is 22.5 Å². The third kappa shape index (κ3) is 1.67. The van der Waals surface area contributed by atoms with Gasteiger partial charge in [0.05, 0.1) is 17.4 Å². The van der Waals surface area contributed by atoms with Gasteiger partial charge in [0.25, 0.3) is 0 Å². The first-order valence-electron chi connectivity index (χ1n) is 6.70. The van der Waals surface area contributed by atoms with Gasteiger partial charge < -0.3 is 5.73 Å². The van der Waals surface area contributed by atoms with Crippen molar-refractivity contribution in [3.63, 3.8) is 0 Å². The number of fused-ring (bicyclic) bond motifs is 3. The van der Waals surface area contributed by atoms with Crippen molar-refractivity contribution in [3.8, 4) is 16.9 Å². The van der Waals surface area contributed by atoms with Crippen LogP contribution in [-0.2, 0) is 13.5 Å². The van der Waals surface area contributed by atoms with Crippen molar-refractivity contribution in [1.82, 2.24) is 24.5 Å². The minimum Gasteiger partial charge on any atom is -0.321 e. The summed E-state index contributed by atoms with van der Waals surface area (Å²) < 4.78 is 3.37. The number of nitrogens with one attached hydrogen (secondary N) is 1. The fourth-order valence-electron chi connectivity index (χ4n) is 2.90. The highest BCUT2D eigenvalue weighted by molar-refractivity contribution is 5.64. The molecule has 0 bridgehead atoms. The fraction of sp³-hybridized carbons (Fsp3) is 0.214. The monoisotopic (exact) mass is 282 g/mol. The van der Waals surface area contributed by atoms with E-state index in [0.29, 0.717) is 12.2 Å². The van der Waals surface area contributed by atoms with Crippen molar-refractivity contribution in [2.75, 3.05) is 0 Å². The Bertz CT molecular complexity index is 887. The first-order valence-corrected chi connectivity index (χ1v) is 6.70. The van der Waals surface area contributed by atoms with Crippen molar-refractivity contribution in [1.29, 1.82) is 0 Å². The van der Waals surface area contributed by atoms with Gasteiger partial charge in [-0.25, -0.2) is 14.5 Å². The van der Waals surface area contributed by atoms with Crippen LogP contribution in [0.1, 0.15) is 17.4 Å². The molecule has 0 aliphatic carbocycles.